The van der Waals surface area contributed by atoms with Crippen LogP contribution in [0.15, 0.2) is 60.9 Å². The number of halogens is 1. The summed E-state index contributed by atoms with van der Waals surface area (Å²) in [6, 6.07) is 15.3. The minimum absolute atomic E-state index is 0.149. The second-order valence-electron chi connectivity index (χ2n) is 8.29. The first-order valence-electron chi connectivity index (χ1n) is 11.4. The van der Waals surface area contributed by atoms with Gasteiger partial charge in [-0.2, -0.15) is 0 Å². The van der Waals surface area contributed by atoms with E-state index in [1.807, 2.05) is 6.07 Å². The van der Waals surface area contributed by atoms with E-state index in [0.29, 0.717) is 17.4 Å². The van der Waals surface area contributed by atoms with E-state index < -0.39 is 5.97 Å². The third-order valence-electron chi connectivity index (χ3n) is 6.30. The van der Waals surface area contributed by atoms with Gasteiger partial charge >= 0.3 is 5.97 Å². The fourth-order valence-electron chi connectivity index (χ4n) is 4.47. The molecule has 8 heteroatoms. The van der Waals surface area contributed by atoms with Crippen LogP contribution in [0.25, 0.3) is 11.1 Å². The lowest BCUT2D eigenvalue weighted by Crippen LogP contribution is -2.39. The van der Waals surface area contributed by atoms with Crippen molar-refractivity contribution < 1.29 is 23.7 Å². The van der Waals surface area contributed by atoms with E-state index in [1.54, 1.807) is 44.8 Å². The topological polar surface area (TPSA) is 70.1 Å². The van der Waals surface area contributed by atoms with E-state index in [9.17, 15) is 4.79 Å². The largest absolute Gasteiger partial charge is 0.465 e. The zero-order chi connectivity index (χ0) is 24.8. The smallest absolute Gasteiger partial charge is 0.343 e. The van der Waals surface area contributed by atoms with Gasteiger partial charge in [-0.05, 0) is 48.7 Å². The Balaban J connectivity index is 1.52. The first kappa shape index (κ1) is 25.0. The van der Waals surface area contributed by atoms with E-state index in [0.717, 1.165) is 42.7 Å². The third-order valence-corrected chi connectivity index (χ3v) is 6.62. The number of methoxy groups -OCH3 is 3. The molecule has 0 saturated carbocycles. The highest BCUT2D eigenvalue weighted by molar-refractivity contribution is 6.34. The van der Waals surface area contributed by atoms with Crippen molar-refractivity contribution in [3.63, 3.8) is 0 Å². The molecule has 1 aliphatic rings. The molecular formula is C27H29ClN2O5. The Hall–Kier alpha value is -3.13. The fraction of sp³-hybridized carbons (Fsp3) is 0.333. The van der Waals surface area contributed by atoms with Gasteiger partial charge in [-0.3, -0.25) is 4.98 Å². The van der Waals surface area contributed by atoms with Crippen LogP contribution < -0.4 is 9.64 Å². The number of hydrogen-bond acceptors (Lipinski definition) is 7. The molecule has 0 aliphatic carbocycles. The van der Waals surface area contributed by atoms with Crippen molar-refractivity contribution in [1.82, 2.24) is 4.98 Å². The molecule has 184 valence electrons. The Labute approximate surface area is 210 Å². The monoisotopic (exact) mass is 496 g/mol. The molecule has 1 saturated heterocycles. The number of hydrogen-bond donors (Lipinski definition) is 0. The summed E-state index contributed by atoms with van der Waals surface area (Å²) in [6.07, 6.45) is 5.21. The maximum absolute atomic E-state index is 12.3. The van der Waals surface area contributed by atoms with Crippen molar-refractivity contribution in [2.24, 2.45) is 5.92 Å². The second kappa shape index (κ2) is 11.5. The molecule has 1 aromatic heterocycles. The lowest BCUT2D eigenvalue weighted by molar-refractivity contribution is -0.141. The molecule has 1 fully saturated rings. The predicted molar refractivity (Wildman–Crippen MR) is 135 cm³/mol. The van der Waals surface area contributed by atoms with Crippen LogP contribution in [-0.4, -0.2) is 51.7 Å². The summed E-state index contributed by atoms with van der Waals surface area (Å²) in [4.78, 5) is 18.8. The van der Waals surface area contributed by atoms with E-state index in [1.165, 1.54) is 7.11 Å². The molecular weight excluding hydrogens is 468 g/mol. The molecule has 0 unspecified atom stereocenters. The van der Waals surface area contributed by atoms with Gasteiger partial charge in [-0.15, -0.1) is 0 Å². The van der Waals surface area contributed by atoms with Crippen molar-refractivity contribution in [2.45, 2.75) is 19.1 Å². The Morgan fingerprint density at radius 1 is 1.00 bits per heavy atom. The molecule has 2 heterocycles. The SMILES string of the molecule is COC(=O)c1c(Cl)cccc1Oc1cnccc1-c1ccc(N2CCC(C(OC)OC)CC2)cc1. The number of piperidine rings is 1. The van der Waals surface area contributed by atoms with Crippen LogP contribution in [0, 0.1) is 5.92 Å². The molecule has 2 aromatic carbocycles. The van der Waals surface area contributed by atoms with Crippen molar-refractivity contribution in [3.05, 3.63) is 71.5 Å². The van der Waals surface area contributed by atoms with Crippen LogP contribution in [-0.2, 0) is 14.2 Å². The normalized spacial score (nSPS) is 14.3. The highest BCUT2D eigenvalue weighted by Crippen LogP contribution is 2.37. The summed E-state index contributed by atoms with van der Waals surface area (Å²) in [7, 11) is 4.69. The highest BCUT2D eigenvalue weighted by Gasteiger charge is 2.26. The average molecular weight is 497 g/mol. The number of carbonyl (C=O) groups is 1. The average Bonchev–Trinajstić information content (AvgIpc) is 2.90. The Morgan fingerprint density at radius 3 is 2.37 bits per heavy atom. The fourth-order valence-corrected chi connectivity index (χ4v) is 4.71. The zero-order valence-electron chi connectivity index (χ0n) is 20.1. The maximum atomic E-state index is 12.3. The molecule has 0 radical (unpaired) electrons. The van der Waals surface area contributed by atoms with Gasteiger partial charge in [-0.25, -0.2) is 4.79 Å². The summed E-state index contributed by atoms with van der Waals surface area (Å²) in [5, 5.41) is 0.259. The van der Waals surface area contributed by atoms with Gasteiger partial charge in [-0.1, -0.05) is 29.8 Å². The molecule has 0 spiro atoms. The Morgan fingerprint density at radius 2 is 1.71 bits per heavy atom. The van der Waals surface area contributed by atoms with Crippen molar-refractivity contribution in [2.75, 3.05) is 39.3 Å². The van der Waals surface area contributed by atoms with Crippen molar-refractivity contribution in [1.29, 1.82) is 0 Å². The number of carbonyl (C=O) groups excluding carboxylic acids is 1. The first-order chi connectivity index (χ1) is 17.0. The minimum Gasteiger partial charge on any atom is -0.465 e. The molecule has 1 aliphatic heterocycles. The molecule has 0 bridgehead atoms. The third kappa shape index (κ3) is 5.59. The number of rotatable bonds is 8. The lowest BCUT2D eigenvalue weighted by Gasteiger charge is -2.36. The summed E-state index contributed by atoms with van der Waals surface area (Å²) < 4.78 is 21.9. The van der Waals surface area contributed by atoms with Gasteiger partial charge in [0.2, 0.25) is 0 Å². The van der Waals surface area contributed by atoms with E-state index >= 15 is 0 Å². The van der Waals surface area contributed by atoms with Crippen LogP contribution in [0.4, 0.5) is 5.69 Å². The summed E-state index contributed by atoms with van der Waals surface area (Å²) in [5.74, 6) is 0.659. The van der Waals surface area contributed by atoms with Crippen LogP contribution >= 0.6 is 11.6 Å². The molecule has 0 amide bonds. The minimum atomic E-state index is -0.563. The number of anilines is 1. The van der Waals surface area contributed by atoms with Crippen LogP contribution in [0.3, 0.4) is 0 Å². The number of nitrogens with zero attached hydrogens (tertiary/aromatic N) is 2. The van der Waals surface area contributed by atoms with Crippen LogP contribution in [0.2, 0.25) is 5.02 Å². The number of benzene rings is 2. The quantitative estimate of drug-likeness (QED) is 0.287. The van der Waals surface area contributed by atoms with Gasteiger partial charge < -0.3 is 23.8 Å². The van der Waals surface area contributed by atoms with Gasteiger partial charge in [0.25, 0.3) is 0 Å². The number of aromatic nitrogens is 1. The molecule has 3 aromatic rings. The predicted octanol–water partition coefficient (Wildman–Crippen LogP) is 5.82. The van der Waals surface area contributed by atoms with Gasteiger partial charge in [0.1, 0.15) is 11.3 Å². The summed E-state index contributed by atoms with van der Waals surface area (Å²) in [5.41, 5.74) is 3.16. The number of pyridine rings is 1. The maximum Gasteiger partial charge on any atom is 0.343 e. The van der Waals surface area contributed by atoms with Gasteiger partial charge in [0.15, 0.2) is 12.0 Å². The van der Waals surface area contributed by atoms with Crippen molar-refractivity contribution in [3.8, 4) is 22.6 Å². The molecule has 7 nitrogen and oxygen atoms in total. The zero-order valence-corrected chi connectivity index (χ0v) is 20.8. The Kier molecular flexibility index (Phi) is 8.23. The standard InChI is InChI=1S/C27H29ClN2O5/c1-32-26(31)25-22(28)5-4-6-23(25)35-24-17-29-14-11-21(24)18-7-9-20(10-8-18)30-15-12-19(13-16-30)27(33-2)34-3/h4-11,14,17,19,27H,12-13,15-16H2,1-3H3. The van der Waals surface area contributed by atoms with Gasteiger partial charge in [0, 0.05) is 50.7 Å². The highest BCUT2D eigenvalue weighted by atomic mass is 35.5. The van der Waals surface area contributed by atoms with E-state index in [2.05, 4.69) is 34.1 Å². The van der Waals surface area contributed by atoms with Crippen LogP contribution in [0.5, 0.6) is 11.5 Å². The first-order valence-corrected chi connectivity index (χ1v) is 11.8. The molecule has 0 atom stereocenters. The van der Waals surface area contributed by atoms with Crippen molar-refractivity contribution >= 4 is 23.3 Å². The molecule has 0 N–H and O–H groups in total. The summed E-state index contributed by atoms with van der Waals surface area (Å²) >= 11 is 6.25. The molecule has 4 rings (SSSR count). The molecule has 35 heavy (non-hydrogen) atoms. The van der Waals surface area contributed by atoms with E-state index in [-0.39, 0.29) is 16.9 Å². The number of esters is 1. The second-order valence-corrected chi connectivity index (χ2v) is 8.70. The van der Waals surface area contributed by atoms with Gasteiger partial charge in [0.05, 0.1) is 18.3 Å². The summed E-state index contributed by atoms with van der Waals surface area (Å²) in [6.45, 7) is 1.89. The number of ether oxygens (including phenoxy) is 4. The van der Waals surface area contributed by atoms with E-state index in [4.69, 9.17) is 30.5 Å². The lowest BCUT2D eigenvalue weighted by atomic mass is 9.95. The van der Waals surface area contributed by atoms with Crippen LogP contribution in [0.1, 0.15) is 23.2 Å². The Bertz CT molecular complexity index is 1140.